The molecular weight excluding hydrogens is 428 g/mol. The van der Waals surface area contributed by atoms with Crippen LogP contribution in [0.5, 0.6) is 5.75 Å². The van der Waals surface area contributed by atoms with E-state index in [-0.39, 0.29) is 5.91 Å². The van der Waals surface area contributed by atoms with E-state index in [2.05, 4.69) is 36.1 Å². The van der Waals surface area contributed by atoms with E-state index >= 15 is 0 Å². The lowest BCUT2D eigenvalue weighted by molar-refractivity contribution is -0.133. The van der Waals surface area contributed by atoms with Crippen molar-refractivity contribution in [3.05, 3.63) is 77.7 Å². The maximum atomic E-state index is 12.7. The fourth-order valence-corrected chi connectivity index (χ4v) is 4.41. The molecule has 3 aliphatic rings. The normalized spacial score (nSPS) is 18.4. The summed E-state index contributed by atoms with van der Waals surface area (Å²) in [5, 5.41) is 0. The molecule has 2 heterocycles. The predicted molar refractivity (Wildman–Crippen MR) is 133 cm³/mol. The number of para-hydroxylation sites is 1. The molecule has 0 N–H and O–H groups in total. The first-order valence-electron chi connectivity index (χ1n) is 12.4. The molecule has 6 nitrogen and oxygen atoms in total. The highest BCUT2D eigenvalue weighted by atomic mass is 16.5. The first kappa shape index (κ1) is 24.1. The number of allylic oxidation sites excluding steroid dienone is 5. The zero-order valence-electron chi connectivity index (χ0n) is 20.2. The van der Waals surface area contributed by atoms with Crippen molar-refractivity contribution in [1.82, 2.24) is 9.80 Å². The Morgan fingerprint density at radius 2 is 1.91 bits per heavy atom. The molecule has 1 aliphatic carbocycles. The summed E-state index contributed by atoms with van der Waals surface area (Å²) in [6.45, 7) is 6.95. The second-order valence-corrected chi connectivity index (χ2v) is 9.06. The first-order chi connectivity index (χ1) is 16.7. The summed E-state index contributed by atoms with van der Waals surface area (Å²) >= 11 is 0. The van der Waals surface area contributed by atoms with Gasteiger partial charge in [0, 0.05) is 52.0 Å². The fraction of sp³-hybridized carbons (Fsp3) is 0.464. The third-order valence-corrected chi connectivity index (χ3v) is 6.46. The van der Waals surface area contributed by atoms with Crippen molar-refractivity contribution in [3.63, 3.8) is 0 Å². The smallest absolute Gasteiger partial charge is 0.222 e. The summed E-state index contributed by atoms with van der Waals surface area (Å²) in [5.41, 5.74) is 2.51. The summed E-state index contributed by atoms with van der Waals surface area (Å²) in [6.07, 6.45) is 14.7. The van der Waals surface area contributed by atoms with Gasteiger partial charge in [-0.15, -0.1) is 0 Å². The maximum absolute atomic E-state index is 12.7. The van der Waals surface area contributed by atoms with Crippen molar-refractivity contribution < 1.29 is 19.0 Å². The monoisotopic (exact) mass is 464 g/mol. The topological polar surface area (TPSA) is 51.2 Å². The Bertz CT molecular complexity index is 955. The number of benzene rings is 1. The largest absolute Gasteiger partial charge is 0.492 e. The van der Waals surface area contributed by atoms with Crippen molar-refractivity contribution in [2.45, 2.75) is 45.4 Å². The second-order valence-electron chi connectivity index (χ2n) is 9.06. The molecule has 0 bridgehead atoms. The van der Waals surface area contributed by atoms with Gasteiger partial charge in [-0.3, -0.25) is 9.69 Å². The van der Waals surface area contributed by atoms with Gasteiger partial charge in [0.2, 0.25) is 5.91 Å². The molecule has 182 valence electrons. The molecule has 1 saturated heterocycles. The molecular formula is C28H36N2O4. The van der Waals surface area contributed by atoms with E-state index in [1.54, 1.807) is 12.5 Å². The molecule has 34 heavy (non-hydrogen) atoms. The van der Waals surface area contributed by atoms with Crippen LogP contribution in [0.15, 0.2) is 72.1 Å². The van der Waals surface area contributed by atoms with Crippen molar-refractivity contribution in [1.29, 1.82) is 0 Å². The molecule has 2 aliphatic heterocycles. The third kappa shape index (κ3) is 7.26. The molecule has 1 fully saturated rings. The molecule has 6 heteroatoms. The maximum Gasteiger partial charge on any atom is 0.222 e. The van der Waals surface area contributed by atoms with Crippen LogP contribution in [-0.2, 0) is 14.3 Å². The Hall–Kier alpha value is -2.99. The number of aryl methyl sites for hydroxylation is 1. The number of nitrogens with zero attached hydrogens (tertiary/aromatic N) is 2. The van der Waals surface area contributed by atoms with Gasteiger partial charge in [-0.2, -0.15) is 0 Å². The molecule has 0 saturated carbocycles. The van der Waals surface area contributed by atoms with Crippen LogP contribution in [0.3, 0.4) is 0 Å². The molecule has 0 aromatic heterocycles. The van der Waals surface area contributed by atoms with Crippen LogP contribution in [0.2, 0.25) is 0 Å². The van der Waals surface area contributed by atoms with Gasteiger partial charge < -0.3 is 19.1 Å². The Kier molecular flexibility index (Phi) is 8.85. The summed E-state index contributed by atoms with van der Waals surface area (Å²) < 4.78 is 17.4. The molecule has 0 spiro atoms. The number of amides is 1. The van der Waals surface area contributed by atoms with Crippen LogP contribution >= 0.6 is 0 Å². The minimum Gasteiger partial charge on any atom is -0.492 e. The van der Waals surface area contributed by atoms with Gasteiger partial charge in [0.05, 0.1) is 0 Å². The number of carbonyl (C=O) groups excluding carboxylic acids is 1. The first-order valence-corrected chi connectivity index (χ1v) is 12.4. The van der Waals surface area contributed by atoms with Crippen LogP contribution < -0.4 is 4.74 Å². The fourth-order valence-electron chi connectivity index (χ4n) is 4.41. The molecule has 0 atom stereocenters. The van der Waals surface area contributed by atoms with Gasteiger partial charge in [0.15, 0.2) is 0 Å². The molecule has 1 aromatic rings. The number of ether oxygens (including phenoxy) is 3. The number of hydrogen-bond donors (Lipinski definition) is 0. The molecule has 1 aromatic carbocycles. The lowest BCUT2D eigenvalue weighted by atomic mass is 10.0. The minimum absolute atomic E-state index is 0.225. The number of rotatable bonds is 10. The van der Waals surface area contributed by atoms with E-state index in [9.17, 15) is 4.79 Å². The number of piperazine rings is 1. The summed E-state index contributed by atoms with van der Waals surface area (Å²) in [5.74, 6) is 2.82. The van der Waals surface area contributed by atoms with Crippen molar-refractivity contribution >= 4 is 5.91 Å². The Morgan fingerprint density at radius 1 is 1.09 bits per heavy atom. The van der Waals surface area contributed by atoms with E-state index in [4.69, 9.17) is 14.2 Å². The van der Waals surface area contributed by atoms with Crippen LogP contribution in [0.4, 0.5) is 0 Å². The van der Waals surface area contributed by atoms with Crippen molar-refractivity contribution in [2.24, 2.45) is 0 Å². The molecule has 0 unspecified atom stereocenters. The van der Waals surface area contributed by atoms with E-state index in [0.29, 0.717) is 19.4 Å². The zero-order chi connectivity index (χ0) is 23.6. The molecule has 4 rings (SSSR count). The average molecular weight is 465 g/mol. The highest BCUT2D eigenvalue weighted by Crippen LogP contribution is 2.26. The number of hydrogen-bond acceptors (Lipinski definition) is 5. The van der Waals surface area contributed by atoms with Gasteiger partial charge in [-0.25, -0.2) is 0 Å². The standard InChI is InChI=1S/C28H36N2O4/c1-23-8-5-6-12-27(23)33-19-18-29-14-16-30(17-15-29)28(31)13-7-11-25-21-32-22-26(34-25)20-24-9-3-2-4-10-24/h2-3,5-6,8-9,12,21-22H,4,7,10-11,13-20H2,1H3. The van der Waals surface area contributed by atoms with Crippen LogP contribution in [0.25, 0.3) is 0 Å². The lowest BCUT2D eigenvalue weighted by Gasteiger charge is -2.34. The molecule has 1 amide bonds. The Balaban J connectivity index is 1.09. The highest BCUT2D eigenvalue weighted by Gasteiger charge is 2.21. The van der Waals surface area contributed by atoms with Gasteiger partial charge in [-0.05, 0) is 37.8 Å². The van der Waals surface area contributed by atoms with E-state index in [0.717, 1.165) is 81.2 Å². The summed E-state index contributed by atoms with van der Waals surface area (Å²) in [4.78, 5) is 17.0. The summed E-state index contributed by atoms with van der Waals surface area (Å²) in [6, 6.07) is 8.09. The van der Waals surface area contributed by atoms with Crippen LogP contribution in [0, 0.1) is 6.92 Å². The van der Waals surface area contributed by atoms with Gasteiger partial charge in [0.25, 0.3) is 0 Å². The van der Waals surface area contributed by atoms with Gasteiger partial charge in [-0.1, -0.05) is 42.0 Å². The highest BCUT2D eigenvalue weighted by molar-refractivity contribution is 5.76. The van der Waals surface area contributed by atoms with Gasteiger partial charge >= 0.3 is 0 Å². The van der Waals surface area contributed by atoms with E-state index in [1.807, 2.05) is 23.1 Å². The quantitative estimate of drug-likeness (QED) is 0.483. The van der Waals surface area contributed by atoms with E-state index < -0.39 is 0 Å². The van der Waals surface area contributed by atoms with Crippen LogP contribution in [0.1, 0.15) is 44.1 Å². The second kappa shape index (κ2) is 12.5. The SMILES string of the molecule is Cc1ccccc1OCCN1CCN(C(=O)CCCC2=COC=C(CC3=CC=CCC3)O2)CC1. The number of carbonyl (C=O) groups is 1. The Morgan fingerprint density at radius 3 is 2.71 bits per heavy atom. The summed E-state index contributed by atoms with van der Waals surface area (Å²) in [7, 11) is 0. The zero-order valence-corrected chi connectivity index (χ0v) is 20.2. The predicted octanol–water partition coefficient (Wildman–Crippen LogP) is 5.08. The minimum atomic E-state index is 0.225. The van der Waals surface area contributed by atoms with Crippen molar-refractivity contribution in [2.75, 3.05) is 39.3 Å². The Labute approximate surface area is 203 Å². The van der Waals surface area contributed by atoms with Gasteiger partial charge in [0.1, 0.15) is 36.4 Å². The molecule has 0 radical (unpaired) electrons. The van der Waals surface area contributed by atoms with Crippen LogP contribution in [-0.4, -0.2) is 55.0 Å². The average Bonchev–Trinajstić information content (AvgIpc) is 2.86. The van der Waals surface area contributed by atoms with E-state index in [1.165, 1.54) is 5.57 Å². The lowest BCUT2D eigenvalue weighted by Crippen LogP contribution is -2.49. The third-order valence-electron chi connectivity index (χ3n) is 6.46. The van der Waals surface area contributed by atoms with Crippen molar-refractivity contribution in [3.8, 4) is 5.75 Å².